The van der Waals surface area contributed by atoms with Gasteiger partial charge in [-0.3, -0.25) is 5.01 Å². The minimum Gasteiger partial charge on any atom is -0.861 e. The van der Waals surface area contributed by atoms with Gasteiger partial charge in [0.15, 0.2) is 0 Å². The molecule has 0 bridgehead atoms. The second kappa shape index (κ2) is 5.58. The molecule has 0 aliphatic carbocycles. The van der Waals surface area contributed by atoms with Gasteiger partial charge in [-0.05, 0) is 37.1 Å². The van der Waals surface area contributed by atoms with E-state index in [1.54, 1.807) is 14.1 Å². The van der Waals surface area contributed by atoms with Crippen LogP contribution in [0.1, 0.15) is 6.92 Å². The molecular weight excluding hydrogens is 256 g/mol. The lowest BCUT2D eigenvalue weighted by atomic mass is 10.3. The summed E-state index contributed by atoms with van der Waals surface area (Å²) in [6, 6.07) is 5.61. The van der Waals surface area contributed by atoms with Gasteiger partial charge in [0.1, 0.15) is 0 Å². The van der Waals surface area contributed by atoms with Crippen molar-refractivity contribution in [2.75, 3.05) is 14.1 Å². The van der Waals surface area contributed by atoms with Gasteiger partial charge in [0, 0.05) is 14.1 Å². The van der Waals surface area contributed by atoms with Gasteiger partial charge in [0.2, 0.25) is 0 Å². The lowest BCUT2D eigenvalue weighted by Gasteiger charge is -2.04. The van der Waals surface area contributed by atoms with E-state index in [0.29, 0.717) is 5.69 Å². The average Bonchev–Trinajstić information content (AvgIpc) is 2.25. The summed E-state index contributed by atoms with van der Waals surface area (Å²) in [5.74, 6) is -0.758. The molecule has 0 aliphatic heterocycles. The lowest BCUT2D eigenvalue weighted by Crippen LogP contribution is -2.14. The fraction of sp³-hybridized carbons (Fsp3) is 0.300. The molecule has 0 amide bonds. The zero-order valence-corrected chi connectivity index (χ0v) is 11.0. The number of hydrogen-bond acceptors (Lipinski definition) is 5. The second-order valence-electron chi connectivity index (χ2n) is 3.62. The van der Waals surface area contributed by atoms with E-state index in [9.17, 15) is 13.5 Å². The zero-order valence-electron chi connectivity index (χ0n) is 10.2. The summed E-state index contributed by atoms with van der Waals surface area (Å²) in [7, 11) is -0.482. The van der Waals surface area contributed by atoms with Crippen molar-refractivity contribution < 1.29 is 13.5 Å². The van der Waals surface area contributed by atoms with Gasteiger partial charge in [-0.25, -0.2) is 0 Å². The van der Waals surface area contributed by atoms with Crippen molar-refractivity contribution in [3.8, 4) is 0 Å². The average molecular weight is 269 g/mol. The van der Waals surface area contributed by atoms with Crippen molar-refractivity contribution in [2.24, 2.45) is 14.7 Å². The van der Waals surface area contributed by atoms with E-state index in [4.69, 9.17) is 0 Å². The molecule has 7 nitrogen and oxygen atoms in total. The molecule has 18 heavy (non-hydrogen) atoms. The third-order valence-corrected chi connectivity index (χ3v) is 3.09. The van der Waals surface area contributed by atoms with Gasteiger partial charge in [-0.15, -0.1) is 5.11 Å². The fourth-order valence-electron chi connectivity index (χ4n) is 1.05. The summed E-state index contributed by atoms with van der Waals surface area (Å²) in [4.78, 5) is -0.0542. The first-order valence-corrected chi connectivity index (χ1v) is 6.43. The Bertz CT molecular complexity index is 557. The maximum atomic E-state index is 11.6. The molecule has 1 rings (SSSR count). The first kappa shape index (κ1) is 14.1. The van der Waals surface area contributed by atoms with Gasteiger partial charge in [0.25, 0.3) is 10.0 Å². The first-order chi connectivity index (χ1) is 8.31. The molecule has 1 aromatic rings. The monoisotopic (exact) mass is 269 g/mol. The van der Waals surface area contributed by atoms with Crippen LogP contribution in [0.2, 0.25) is 0 Å². The van der Waals surface area contributed by atoms with Crippen LogP contribution in [0.5, 0.6) is 0 Å². The van der Waals surface area contributed by atoms with Crippen molar-refractivity contribution in [3.63, 3.8) is 0 Å². The maximum Gasteiger partial charge on any atom is 0.281 e. The first-order valence-electron chi connectivity index (χ1n) is 4.99. The lowest BCUT2D eigenvalue weighted by molar-refractivity contribution is -0.215. The van der Waals surface area contributed by atoms with Crippen LogP contribution in [0.4, 0.5) is 5.69 Å². The van der Waals surface area contributed by atoms with Gasteiger partial charge in [-0.2, -0.15) is 12.8 Å². The van der Waals surface area contributed by atoms with E-state index in [2.05, 4.69) is 14.7 Å². The molecule has 0 radical (unpaired) electrons. The fourth-order valence-corrected chi connectivity index (χ4v) is 1.97. The highest BCUT2D eigenvalue weighted by molar-refractivity contribution is 7.90. The van der Waals surface area contributed by atoms with Crippen molar-refractivity contribution in [2.45, 2.75) is 11.8 Å². The summed E-state index contributed by atoms with van der Waals surface area (Å²) < 4.78 is 26.2. The van der Waals surface area contributed by atoms with E-state index >= 15 is 0 Å². The Morgan fingerprint density at radius 1 is 1.22 bits per heavy atom. The molecule has 0 saturated heterocycles. The van der Waals surface area contributed by atoms with Gasteiger partial charge >= 0.3 is 0 Å². The van der Waals surface area contributed by atoms with E-state index in [-0.39, 0.29) is 4.90 Å². The third-order valence-electron chi connectivity index (χ3n) is 1.72. The third kappa shape index (κ3) is 4.13. The Kier molecular flexibility index (Phi) is 4.38. The van der Waals surface area contributed by atoms with E-state index in [1.807, 2.05) is 0 Å². The molecule has 0 atom stereocenters. The van der Waals surface area contributed by atoms with Crippen molar-refractivity contribution in [1.82, 2.24) is 5.01 Å². The largest absolute Gasteiger partial charge is 0.861 e. The molecule has 98 valence electrons. The smallest absolute Gasteiger partial charge is 0.281 e. The maximum absolute atomic E-state index is 11.6. The normalized spacial score (nSPS) is 12.9. The van der Waals surface area contributed by atoms with Crippen LogP contribution in [-0.2, 0) is 10.0 Å². The minimum absolute atomic E-state index is 0.0542. The summed E-state index contributed by atoms with van der Waals surface area (Å²) in [5.41, 5.74) is 0.505. The molecular formula is C10H13N4O3S-. The topological polar surface area (TPSA) is 97.5 Å². The van der Waals surface area contributed by atoms with Crippen LogP contribution >= 0.6 is 0 Å². The van der Waals surface area contributed by atoms with Crippen molar-refractivity contribution in [1.29, 1.82) is 0 Å². The highest BCUT2D eigenvalue weighted by atomic mass is 32.2. The molecule has 0 spiro atoms. The SMILES string of the molecule is CC([O-])=NS(=O)(=O)c1ccc(N=NN(C)C)cc1. The molecule has 0 aliphatic rings. The summed E-state index contributed by atoms with van der Waals surface area (Å²) in [5, 5.41) is 19.8. The van der Waals surface area contributed by atoms with Gasteiger partial charge < -0.3 is 5.11 Å². The Balaban J connectivity index is 3.00. The second-order valence-corrected chi connectivity index (χ2v) is 5.22. The number of rotatable bonds is 4. The molecule has 0 aromatic heterocycles. The highest BCUT2D eigenvalue weighted by Crippen LogP contribution is 2.18. The van der Waals surface area contributed by atoms with Crippen LogP contribution < -0.4 is 5.11 Å². The Labute approximate surface area is 106 Å². The van der Waals surface area contributed by atoms with E-state index in [0.717, 1.165) is 6.92 Å². The van der Waals surface area contributed by atoms with Crippen LogP contribution in [-0.4, -0.2) is 33.4 Å². The van der Waals surface area contributed by atoms with Gasteiger partial charge in [0.05, 0.1) is 10.6 Å². The zero-order chi connectivity index (χ0) is 13.8. The predicted molar refractivity (Wildman–Crippen MR) is 64.9 cm³/mol. The number of hydrogen-bond donors (Lipinski definition) is 0. The van der Waals surface area contributed by atoms with Crippen LogP contribution in [0.25, 0.3) is 0 Å². The van der Waals surface area contributed by atoms with Crippen molar-refractivity contribution in [3.05, 3.63) is 24.3 Å². The molecule has 1 aromatic carbocycles. The number of sulfonamides is 1. The van der Waals surface area contributed by atoms with E-state index in [1.165, 1.54) is 29.3 Å². The Morgan fingerprint density at radius 2 is 1.78 bits per heavy atom. The standard InChI is InChI=1S/C10H14N4O3S/c1-8(15)12-18(16,17)10-6-4-9(5-7-10)11-13-14(2)3/h4-7H,1-3H3,(H,12,15)/p-1. The molecule has 8 heteroatoms. The van der Waals surface area contributed by atoms with Gasteiger partial charge in [-0.1, -0.05) is 5.22 Å². The minimum atomic E-state index is -3.91. The van der Waals surface area contributed by atoms with Crippen LogP contribution in [0.15, 0.2) is 43.9 Å². The molecule has 0 fully saturated rings. The van der Waals surface area contributed by atoms with Crippen LogP contribution in [0.3, 0.4) is 0 Å². The van der Waals surface area contributed by atoms with Crippen LogP contribution in [0, 0.1) is 0 Å². The van der Waals surface area contributed by atoms with Crippen molar-refractivity contribution >= 4 is 21.6 Å². The summed E-state index contributed by atoms with van der Waals surface area (Å²) in [6.45, 7) is 1.08. The molecule has 0 heterocycles. The summed E-state index contributed by atoms with van der Waals surface area (Å²) in [6.07, 6.45) is 0. The highest BCUT2D eigenvalue weighted by Gasteiger charge is 2.10. The molecule has 0 unspecified atom stereocenters. The predicted octanol–water partition coefficient (Wildman–Crippen LogP) is 0.714. The summed E-state index contributed by atoms with van der Waals surface area (Å²) >= 11 is 0. The molecule has 0 N–H and O–H groups in total. The quantitative estimate of drug-likeness (QED) is 0.348. The van der Waals surface area contributed by atoms with E-state index < -0.39 is 15.9 Å². The Morgan fingerprint density at radius 3 is 2.22 bits per heavy atom. The number of nitrogens with zero attached hydrogens (tertiary/aromatic N) is 4. The molecule has 0 saturated carbocycles. The number of benzene rings is 1. The Hall–Kier alpha value is -1.96.